The third kappa shape index (κ3) is 1.26. The van der Waals surface area contributed by atoms with Crippen LogP contribution in [0.5, 0.6) is 0 Å². The zero-order valence-corrected chi connectivity index (χ0v) is 15.2. The van der Waals surface area contributed by atoms with Gasteiger partial charge in [-0.05, 0) is 47.2 Å². The van der Waals surface area contributed by atoms with E-state index in [-0.39, 0.29) is 5.66 Å². The largest absolute Gasteiger partial charge is 0.341 e. The summed E-state index contributed by atoms with van der Waals surface area (Å²) in [6.07, 6.45) is 8.15. The third-order valence-corrected chi connectivity index (χ3v) is 7.76. The van der Waals surface area contributed by atoms with Crippen molar-refractivity contribution in [2.75, 3.05) is 0 Å². The van der Waals surface area contributed by atoms with Crippen molar-refractivity contribution in [2.24, 2.45) is 0 Å². The summed E-state index contributed by atoms with van der Waals surface area (Å²) in [5, 5.41) is 0. The van der Waals surface area contributed by atoms with Gasteiger partial charge in [-0.15, -0.1) is 0 Å². The summed E-state index contributed by atoms with van der Waals surface area (Å²) in [6, 6.07) is 19.5. The van der Waals surface area contributed by atoms with Crippen molar-refractivity contribution >= 4 is 0 Å². The smallest absolute Gasteiger partial charge is 0.171 e. The molecule has 1 aromatic heterocycles. The number of aromatic nitrogens is 1. The lowest BCUT2D eigenvalue weighted by atomic mass is 9.68. The second-order valence-electron chi connectivity index (χ2n) is 8.92. The van der Waals surface area contributed by atoms with Gasteiger partial charge in [0, 0.05) is 53.5 Å². The summed E-state index contributed by atoms with van der Waals surface area (Å²) in [5.74, 6) is 0. The standard InChI is InChI=1S/C25H20N2/c1-3-15-11-19-7-9-21-13-17-5-2-6-18-14-22-10-8-20-12-16(4-1)23(15)25(24(17)18,26(19)21)27(20)22/h1-9,22H,10-14H2/t22?,25-/m0/s1. The number of allylic oxidation sites excluding steroid dienone is 1. The molecule has 2 nitrogen and oxygen atoms in total. The number of hydrogen-bond acceptors (Lipinski definition) is 1. The molecular formula is C25H20N2. The fourth-order valence-electron chi connectivity index (χ4n) is 7.08. The Labute approximate surface area is 158 Å². The first-order valence-corrected chi connectivity index (χ1v) is 10.3. The van der Waals surface area contributed by atoms with Crippen LogP contribution in [0.15, 0.2) is 60.3 Å². The first kappa shape index (κ1) is 13.4. The average Bonchev–Trinajstić information content (AvgIpc) is 3.28. The fraction of sp³-hybridized carbons (Fsp3) is 0.280. The molecule has 2 heteroatoms. The topological polar surface area (TPSA) is 8.17 Å². The van der Waals surface area contributed by atoms with Crippen LogP contribution in [0.1, 0.15) is 51.2 Å². The predicted octanol–water partition coefficient (Wildman–Crippen LogP) is 4.12. The zero-order chi connectivity index (χ0) is 17.3. The van der Waals surface area contributed by atoms with Gasteiger partial charge in [0.25, 0.3) is 0 Å². The van der Waals surface area contributed by atoms with Crippen LogP contribution in [0, 0.1) is 0 Å². The minimum absolute atomic E-state index is 0.133. The highest BCUT2D eigenvalue weighted by Gasteiger charge is 2.59. The highest BCUT2D eigenvalue weighted by Crippen LogP contribution is 2.59. The van der Waals surface area contributed by atoms with E-state index in [0.29, 0.717) is 6.04 Å². The second kappa shape index (κ2) is 4.06. The van der Waals surface area contributed by atoms with Crippen molar-refractivity contribution < 1.29 is 0 Å². The van der Waals surface area contributed by atoms with E-state index in [1.807, 2.05) is 0 Å². The molecule has 5 aliphatic heterocycles. The van der Waals surface area contributed by atoms with Crippen LogP contribution in [-0.4, -0.2) is 15.5 Å². The van der Waals surface area contributed by atoms with Gasteiger partial charge < -0.3 is 9.47 Å². The monoisotopic (exact) mass is 348 g/mol. The Hall–Kier alpha value is -2.74. The molecule has 2 aromatic carbocycles. The molecule has 2 atom stereocenters. The molecule has 0 saturated carbocycles. The lowest BCUT2D eigenvalue weighted by Crippen LogP contribution is -2.63. The van der Waals surface area contributed by atoms with E-state index in [2.05, 4.69) is 64.1 Å². The maximum absolute atomic E-state index is 2.84. The van der Waals surface area contributed by atoms with Crippen LogP contribution in [-0.2, 0) is 31.3 Å². The maximum atomic E-state index is 2.84. The van der Waals surface area contributed by atoms with Gasteiger partial charge in [0.15, 0.2) is 5.66 Å². The van der Waals surface area contributed by atoms with Crippen LogP contribution in [0.2, 0.25) is 0 Å². The highest BCUT2D eigenvalue weighted by atomic mass is 15.4. The molecule has 1 unspecified atom stereocenters. The summed E-state index contributed by atoms with van der Waals surface area (Å²) < 4.78 is 2.75. The fourth-order valence-corrected chi connectivity index (χ4v) is 7.08. The SMILES string of the molecule is C1=C2Cc3cccc4c3[C@@]35c6c(cccc6CC(C1)N23)Cc1ccc(n15)C4. The molecule has 130 valence electrons. The van der Waals surface area contributed by atoms with Gasteiger partial charge in [-0.25, -0.2) is 0 Å². The molecule has 27 heavy (non-hydrogen) atoms. The Morgan fingerprint density at radius 2 is 1.37 bits per heavy atom. The Kier molecular flexibility index (Phi) is 2.02. The van der Waals surface area contributed by atoms with Crippen LogP contribution in [0.3, 0.4) is 0 Å². The van der Waals surface area contributed by atoms with Gasteiger partial charge in [0.2, 0.25) is 0 Å². The summed E-state index contributed by atoms with van der Waals surface area (Å²) in [7, 11) is 0. The summed E-state index contributed by atoms with van der Waals surface area (Å²) in [4.78, 5) is 2.84. The first-order chi connectivity index (χ1) is 13.4. The average molecular weight is 348 g/mol. The molecule has 6 heterocycles. The van der Waals surface area contributed by atoms with Gasteiger partial charge >= 0.3 is 0 Å². The van der Waals surface area contributed by atoms with Crippen molar-refractivity contribution in [3.63, 3.8) is 0 Å². The number of rotatable bonds is 0. The molecule has 1 spiro atoms. The Morgan fingerprint density at radius 3 is 2.11 bits per heavy atom. The lowest BCUT2D eigenvalue weighted by Gasteiger charge is -2.60. The molecule has 0 N–H and O–H groups in total. The zero-order valence-electron chi connectivity index (χ0n) is 15.2. The Bertz CT molecular complexity index is 1210. The molecule has 0 saturated heterocycles. The minimum Gasteiger partial charge on any atom is -0.341 e. The predicted molar refractivity (Wildman–Crippen MR) is 105 cm³/mol. The maximum Gasteiger partial charge on any atom is 0.171 e. The van der Waals surface area contributed by atoms with E-state index < -0.39 is 0 Å². The summed E-state index contributed by atoms with van der Waals surface area (Å²) in [6.45, 7) is 0. The molecule has 0 amide bonds. The van der Waals surface area contributed by atoms with Crippen molar-refractivity contribution in [1.29, 1.82) is 0 Å². The van der Waals surface area contributed by atoms with Gasteiger partial charge in [0.05, 0.1) is 0 Å². The van der Waals surface area contributed by atoms with E-state index in [1.165, 1.54) is 24.2 Å². The summed E-state index contributed by atoms with van der Waals surface area (Å²) in [5.41, 5.74) is 13.8. The van der Waals surface area contributed by atoms with E-state index in [4.69, 9.17) is 0 Å². The Morgan fingerprint density at radius 1 is 0.741 bits per heavy atom. The normalized spacial score (nSPS) is 27.2. The molecule has 0 fully saturated rings. The van der Waals surface area contributed by atoms with Crippen molar-refractivity contribution in [3.05, 3.63) is 105 Å². The number of hydrogen-bond donors (Lipinski definition) is 0. The van der Waals surface area contributed by atoms with E-state index in [1.54, 1.807) is 39.1 Å². The molecule has 0 radical (unpaired) electrons. The highest BCUT2D eigenvalue weighted by molar-refractivity contribution is 5.64. The molecule has 8 rings (SSSR count). The van der Waals surface area contributed by atoms with Crippen LogP contribution in [0.25, 0.3) is 0 Å². The third-order valence-electron chi connectivity index (χ3n) is 7.76. The van der Waals surface area contributed by atoms with Crippen molar-refractivity contribution in [1.82, 2.24) is 9.47 Å². The van der Waals surface area contributed by atoms with Gasteiger partial charge in [-0.1, -0.05) is 42.5 Å². The van der Waals surface area contributed by atoms with Gasteiger partial charge in [-0.3, -0.25) is 0 Å². The quantitative estimate of drug-likeness (QED) is 0.593. The van der Waals surface area contributed by atoms with Crippen LogP contribution < -0.4 is 0 Å². The molecule has 5 aliphatic rings. The first-order valence-electron chi connectivity index (χ1n) is 10.3. The number of nitrogens with zero attached hydrogens (tertiary/aromatic N) is 2. The van der Waals surface area contributed by atoms with Crippen molar-refractivity contribution in [3.8, 4) is 0 Å². The van der Waals surface area contributed by atoms with E-state index >= 15 is 0 Å². The van der Waals surface area contributed by atoms with Gasteiger partial charge in [-0.2, -0.15) is 0 Å². The molecule has 0 bridgehead atoms. The van der Waals surface area contributed by atoms with E-state index in [9.17, 15) is 0 Å². The lowest BCUT2D eigenvalue weighted by molar-refractivity contribution is 0.0602. The van der Waals surface area contributed by atoms with Gasteiger partial charge in [0.1, 0.15) is 0 Å². The molecule has 0 aliphatic carbocycles. The molecular weight excluding hydrogens is 328 g/mol. The van der Waals surface area contributed by atoms with E-state index in [0.717, 1.165) is 19.3 Å². The Balaban J connectivity index is 1.66. The van der Waals surface area contributed by atoms with Crippen LogP contribution >= 0.6 is 0 Å². The molecule has 3 aromatic rings. The van der Waals surface area contributed by atoms with Crippen molar-refractivity contribution in [2.45, 2.75) is 43.8 Å². The van der Waals surface area contributed by atoms with Crippen LogP contribution in [0.4, 0.5) is 0 Å². The number of benzene rings is 2. The summed E-state index contributed by atoms with van der Waals surface area (Å²) >= 11 is 0. The minimum atomic E-state index is -0.133. The second-order valence-corrected chi connectivity index (χ2v) is 8.92.